The number of fused-ring (bicyclic) bond motifs is 1. The quantitative estimate of drug-likeness (QED) is 0.265. The largest absolute Gasteiger partial charge is 0.367 e. The number of pyridine rings is 2. The average Bonchev–Trinajstić information content (AvgIpc) is 3.02. The normalized spacial score (nSPS) is 14.0. The Morgan fingerprint density at radius 2 is 1.74 bits per heavy atom. The van der Waals surface area contributed by atoms with Gasteiger partial charge in [-0.3, -0.25) is 14.3 Å². The van der Waals surface area contributed by atoms with E-state index in [2.05, 4.69) is 43.1 Å². The molecule has 0 amide bonds. The smallest absolute Gasteiger partial charge is 0.260 e. The SMILES string of the molecule is CCN1CCN(c2ccc(Nc3ncc4cc(-c5ccc(-c6cccnc6)cc5C)c(=O)n(CC)c4n3)cc2F)CC1. The van der Waals surface area contributed by atoms with Crippen LogP contribution in [0.25, 0.3) is 33.3 Å². The van der Waals surface area contributed by atoms with Gasteiger partial charge in [0.25, 0.3) is 5.56 Å². The van der Waals surface area contributed by atoms with E-state index in [9.17, 15) is 4.79 Å². The zero-order valence-electron chi connectivity index (χ0n) is 24.1. The lowest BCUT2D eigenvalue weighted by molar-refractivity contribution is 0.270. The first-order valence-electron chi connectivity index (χ1n) is 14.4. The van der Waals surface area contributed by atoms with E-state index in [1.807, 2.05) is 56.4 Å². The topological polar surface area (TPSA) is 79.2 Å². The van der Waals surface area contributed by atoms with Crippen LogP contribution in [0.5, 0.6) is 0 Å². The van der Waals surface area contributed by atoms with Gasteiger partial charge in [-0.25, -0.2) is 9.37 Å². The molecule has 0 aliphatic carbocycles. The van der Waals surface area contributed by atoms with Gasteiger partial charge in [-0.15, -0.1) is 0 Å². The second-order valence-corrected chi connectivity index (χ2v) is 10.6. The molecule has 1 saturated heterocycles. The molecule has 42 heavy (non-hydrogen) atoms. The molecule has 5 aromatic rings. The standard InChI is InChI=1S/C33H34FN7O/c1-4-39-13-15-40(16-14-39)30-11-9-26(19-29(30)34)37-33-36-21-25-18-28(32(42)41(5-2)31(25)38-33)27-10-8-23(17-22(27)3)24-7-6-12-35-20-24/h6-12,17-21H,4-5,13-16H2,1-3H3,(H,36,37,38). The first-order chi connectivity index (χ1) is 20.4. The summed E-state index contributed by atoms with van der Waals surface area (Å²) in [6.07, 6.45) is 5.28. The molecule has 2 aromatic carbocycles. The first kappa shape index (κ1) is 27.5. The maximum atomic E-state index is 15.1. The van der Waals surface area contributed by atoms with E-state index in [-0.39, 0.29) is 11.4 Å². The molecule has 6 rings (SSSR count). The fourth-order valence-electron chi connectivity index (χ4n) is 5.66. The van der Waals surface area contributed by atoms with Crippen molar-refractivity contribution in [3.05, 3.63) is 94.9 Å². The molecule has 0 saturated carbocycles. The third-order valence-electron chi connectivity index (χ3n) is 8.02. The number of hydrogen-bond donors (Lipinski definition) is 1. The highest BCUT2D eigenvalue weighted by molar-refractivity contribution is 5.83. The fraction of sp³-hybridized carbons (Fsp3) is 0.273. The minimum atomic E-state index is -0.286. The summed E-state index contributed by atoms with van der Waals surface area (Å²) < 4.78 is 16.8. The van der Waals surface area contributed by atoms with E-state index in [0.29, 0.717) is 35.1 Å². The van der Waals surface area contributed by atoms with Gasteiger partial charge >= 0.3 is 0 Å². The number of rotatable bonds is 7. The van der Waals surface area contributed by atoms with Crippen LogP contribution in [0, 0.1) is 12.7 Å². The van der Waals surface area contributed by atoms with Gasteiger partial charge in [-0.1, -0.05) is 31.2 Å². The van der Waals surface area contributed by atoms with Crippen molar-refractivity contribution in [2.75, 3.05) is 42.9 Å². The van der Waals surface area contributed by atoms with Crippen LogP contribution in [-0.2, 0) is 6.54 Å². The summed E-state index contributed by atoms with van der Waals surface area (Å²) in [4.78, 5) is 31.5. The van der Waals surface area contributed by atoms with Gasteiger partial charge in [0.2, 0.25) is 5.95 Å². The van der Waals surface area contributed by atoms with Crippen LogP contribution in [0.1, 0.15) is 19.4 Å². The summed E-state index contributed by atoms with van der Waals surface area (Å²) in [7, 11) is 0. The fourth-order valence-corrected chi connectivity index (χ4v) is 5.66. The van der Waals surface area contributed by atoms with E-state index in [1.54, 1.807) is 23.0 Å². The van der Waals surface area contributed by atoms with Crippen LogP contribution in [0.15, 0.2) is 78.0 Å². The Bertz CT molecular complexity index is 1800. The van der Waals surface area contributed by atoms with Crippen molar-refractivity contribution >= 4 is 28.4 Å². The van der Waals surface area contributed by atoms with Crippen molar-refractivity contribution < 1.29 is 4.39 Å². The molecule has 1 fully saturated rings. The van der Waals surface area contributed by atoms with Gasteiger partial charge in [0, 0.05) is 68.0 Å². The molecule has 214 valence electrons. The Kier molecular flexibility index (Phi) is 7.67. The number of nitrogens with zero attached hydrogens (tertiary/aromatic N) is 6. The molecule has 4 heterocycles. The van der Waals surface area contributed by atoms with Gasteiger partial charge in [0.15, 0.2) is 0 Å². The molecule has 3 aromatic heterocycles. The maximum absolute atomic E-state index is 15.1. The lowest BCUT2D eigenvalue weighted by Crippen LogP contribution is -2.46. The molecule has 0 atom stereocenters. The second kappa shape index (κ2) is 11.7. The first-order valence-corrected chi connectivity index (χ1v) is 14.4. The number of nitrogens with one attached hydrogen (secondary N) is 1. The van der Waals surface area contributed by atoms with Crippen LogP contribution in [0.2, 0.25) is 0 Å². The van der Waals surface area contributed by atoms with Gasteiger partial charge in [0.1, 0.15) is 11.5 Å². The van der Waals surface area contributed by atoms with Crippen LogP contribution in [-0.4, -0.2) is 57.1 Å². The Labute approximate surface area is 244 Å². The molecular weight excluding hydrogens is 529 g/mol. The third kappa shape index (κ3) is 5.35. The molecule has 1 N–H and O–H groups in total. The number of likely N-dealkylation sites (N-methyl/N-ethyl adjacent to an activating group) is 1. The van der Waals surface area contributed by atoms with Crippen LogP contribution in [0.3, 0.4) is 0 Å². The summed E-state index contributed by atoms with van der Waals surface area (Å²) in [5.74, 6) is 0.0170. The Balaban J connectivity index is 1.28. The van der Waals surface area contributed by atoms with Crippen molar-refractivity contribution in [1.82, 2.24) is 24.4 Å². The minimum Gasteiger partial charge on any atom is -0.367 e. The number of hydrogen-bond acceptors (Lipinski definition) is 7. The number of piperazine rings is 1. The summed E-state index contributed by atoms with van der Waals surface area (Å²) >= 11 is 0. The summed E-state index contributed by atoms with van der Waals surface area (Å²) in [5.41, 5.74) is 6.09. The average molecular weight is 564 g/mol. The molecule has 0 spiro atoms. The van der Waals surface area contributed by atoms with Crippen molar-refractivity contribution in [1.29, 1.82) is 0 Å². The van der Waals surface area contributed by atoms with Gasteiger partial charge in [-0.05, 0) is 73.0 Å². The minimum absolute atomic E-state index is 0.120. The summed E-state index contributed by atoms with van der Waals surface area (Å²) in [6, 6.07) is 17.0. The number of halogens is 1. The highest BCUT2D eigenvalue weighted by Gasteiger charge is 2.19. The van der Waals surface area contributed by atoms with Crippen LogP contribution >= 0.6 is 0 Å². The predicted molar refractivity (Wildman–Crippen MR) is 167 cm³/mol. The van der Waals surface area contributed by atoms with Crippen molar-refractivity contribution in [2.24, 2.45) is 0 Å². The van der Waals surface area contributed by atoms with Crippen molar-refractivity contribution in [3.8, 4) is 22.3 Å². The molecular formula is C33H34FN7O. The highest BCUT2D eigenvalue weighted by atomic mass is 19.1. The third-order valence-corrected chi connectivity index (χ3v) is 8.02. The van der Waals surface area contributed by atoms with Gasteiger partial charge in [0.05, 0.1) is 5.69 Å². The lowest BCUT2D eigenvalue weighted by atomic mass is 9.96. The monoisotopic (exact) mass is 563 g/mol. The lowest BCUT2D eigenvalue weighted by Gasteiger charge is -2.35. The van der Waals surface area contributed by atoms with E-state index in [4.69, 9.17) is 0 Å². The van der Waals surface area contributed by atoms with Gasteiger partial charge in [-0.2, -0.15) is 4.98 Å². The van der Waals surface area contributed by atoms with Crippen molar-refractivity contribution in [2.45, 2.75) is 27.3 Å². The second-order valence-electron chi connectivity index (χ2n) is 10.6. The Morgan fingerprint density at radius 3 is 2.43 bits per heavy atom. The number of aromatic nitrogens is 4. The highest BCUT2D eigenvalue weighted by Crippen LogP contribution is 2.29. The molecule has 9 heteroatoms. The van der Waals surface area contributed by atoms with E-state index >= 15 is 4.39 Å². The number of anilines is 3. The molecule has 0 radical (unpaired) electrons. The van der Waals surface area contributed by atoms with Gasteiger partial charge < -0.3 is 15.1 Å². The van der Waals surface area contributed by atoms with Crippen LogP contribution in [0.4, 0.5) is 21.7 Å². The van der Waals surface area contributed by atoms with E-state index < -0.39 is 0 Å². The molecule has 0 unspecified atom stereocenters. The zero-order valence-corrected chi connectivity index (χ0v) is 24.1. The predicted octanol–water partition coefficient (Wildman–Crippen LogP) is 5.87. The molecule has 8 nitrogen and oxygen atoms in total. The number of benzene rings is 2. The molecule has 1 aliphatic rings. The maximum Gasteiger partial charge on any atom is 0.260 e. The van der Waals surface area contributed by atoms with E-state index in [0.717, 1.165) is 60.4 Å². The van der Waals surface area contributed by atoms with Crippen molar-refractivity contribution in [3.63, 3.8) is 0 Å². The molecule has 1 aliphatic heterocycles. The van der Waals surface area contributed by atoms with Crippen LogP contribution < -0.4 is 15.8 Å². The number of aryl methyl sites for hydroxylation is 2. The Morgan fingerprint density at radius 1 is 0.905 bits per heavy atom. The summed E-state index contributed by atoms with van der Waals surface area (Å²) in [6.45, 7) is 11.0. The Hall–Kier alpha value is -4.63. The zero-order chi connectivity index (χ0) is 29.2. The molecule has 0 bridgehead atoms. The van der Waals surface area contributed by atoms with E-state index in [1.165, 1.54) is 6.07 Å². The summed E-state index contributed by atoms with van der Waals surface area (Å²) in [5, 5.41) is 3.87.